The number of nitro benzene ring substituents is 1. The van der Waals surface area contributed by atoms with Crippen molar-refractivity contribution in [1.82, 2.24) is 9.88 Å². The van der Waals surface area contributed by atoms with E-state index in [1.807, 2.05) is 31.2 Å². The molecule has 0 bridgehead atoms. The molecule has 1 heterocycles. The van der Waals surface area contributed by atoms with E-state index >= 15 is 0 Å². The lowest BCUT2D eigenvalue weighted by Crippen LogP contribution is -2.32. The number of hydrogen-bond acceptors (Lipinski definition) is 6. The summed E-state index contributed by atoms with van der Waals surface area (Å²) >= 11 is 1.54. The van der Waals surface area contributed by atoms with Crippen LogP contribution in [0.5, 0.6) is 0 Å². The third-order valence-corrected chi connectivity index (χ3v) is 5.34. The number of rotatable bonds is 7. The van der Waals surface area contributed by atoms with E-state index in [-0.39, 0.29) is 30.9 Å². The summed E-state index contributed by atoms with van der Waals surface area (Å²) in [6.45, 7) is 2.01. The molecule has 0 radical (unpaired) electrons. The van der Waals surface area contributed by atoms with Crippen molar-refractivity contribution in [2.24, 2.45) is 0 Å². The quantitative estimate of drug-likeness (QED) is 0.454. The van der Waals surface area contributed by atoms with E-state index in [0.29, 0.717) is 5.56 Å². The molecule has 0 aliphatic carbocycles. The maximum atomic E-state index is 12.4. The molecule has 0 spiro atoms. The van der Waals surface area contributed by atoms with Gasteiger partial charge in [0, 0.05) is 19.2 Å². The van der Waals surface area contributed by atoms with E-state index in [0.717, 1.165) is 15.2 Å². The van der Waals surface area contributed by atoms with Crippen molar-refractivity contribution < 1.29 is 14.5 Å². The number of fused-ring (bicyclic) bond motifs is 1. The Morgan fingerprint density at radius 3 is 2.81 bits per heavy atom. The smallest absolute Gasteiger partial charge is 0.269 e. The summed E-state index contributed by atoms with van der Waals surface area (Å²) in [6, 6.07) is 13.8. The first-order valence-corrected chi connectivity index (χ1v) is 9.19. The number of aromatic nitrogens is 1. The van der Waals surface area contributed by atoms with Crippen molar-refractivity contribution in [3.8, 4) is 0 Å². The van der Waals surface area contributed by atoms with Crippen LogP contribution in [-0.4, -0.2) is 34.4 Å². The Morgan fingerprint density at radius 1 is 1.30 bits per heavy atom. The first-order valence-electron chi connectivity index (χ1n) is 8.38. The van der Waals surface area contributed by atoms with E-state index in [4.69, 9.17) is 4.74 Å². The van der Waals surface area contributed by atoms with Crippen LogP contribution in [0.4, 0.5) is 5.69 Å². The molecule has 1 unspecified atom stereocenters. The SMILES string of the molecule is CC(c1cccc([N+](=O)[O-])c1)N(C)C(=O)COCc1nc2ccccc2s1. The number of para-hydroxylation sites is 1. The van der Waals surface area contributed by atoms with Gasteiger partial charge >= 0.3 is 0 Å². The van der Waals surface area contributed by atoms with Crippen LogP contribution in [0.15, 0.2) is 48.5 Å². The van der Waals surface area contributed by atoms with Gasteiger partial charge < -0.3 is 9.64 Å². The molecule has 0 saturated carbocycles. The topological polar surface area (TPSA) is 85.6 Å². The number of nitro groups is 1. The molecule has 1 amide bonds. The van der Waals surface area contributed by atoms with Crippen LogP contribution < -0.4 is 0 Å². The number of amides is 1. The van der Waals surface area contributed by atoms with E-state index in [9.17, 15) is 14.9 Å². The Bertz CT molecular complexity index is 939. The molecule has 0 saturated heterocycles. The third-order valence-electron chi connectivity index (χ3n) is 4.33. The number of non-ortho nitro benzene ring substituents is 1. The summed E-state index contributed by atoms with van der Waals surface area (Å²) in [6.07, 6.45) is 0. The minimum atomic E-state index is -0.445. The van der Waals surface area contributed by atoms with E-state index in [1.54, 1.807) is 19.2 Å². The van der Waals surface area contributed by atoms with Crippen LogP contribution >= 0.6 is 11.3 Å². The first-order chi connectivity index (χ1) is 13.0. The normalized spacial score (nSPS) is 12.1. The molecule has 2 aromatic carbocycles. The highest BCUT2D eigenvalue weighted by molar-refractivity contribution is 7.18. The highest BCUT2D eigenvalue weighted by atomic mass is 32.1. The standard InChI is InChI=1S/C19H19N3O4S/c1-13(14-6-5-7-15(10-14)22(24)25)21(2)19(23)12-26-11-18-20-16-8-3-4-9-17(16)27-18/h3-10,13H,11-12H2,1-2H3. The average Bonchev–Trinajstić information content (AvgIpc) is 3.09. The maximum Gasteiger partial charge on any atom is 0.269 e. The van der Waals surface area contributed by atoms with Crippen molar-refractivity contribution in [3.05, 3.63) is 69.2 Å². The third kappa shape index (κ3) is 4.47. The summed E-state index contributed by atoms with van der Waals surface area (Å²) in [5.74, 6) is -0.199. The number of ether oxygens (including phenoxy) is 1. The Labute approximate surface area is 160 Å². The molecule has 3 aromatic rings. The number of carbonyl (C=O) groups is 1. The fraction of sp³-hybridized carbons (Fsp3) is 0.263. The predicted molar refractivity (Wildman–Crippen MR) is 104 cm³/mol. The number of carbonyl (C=O) groups excluding carboxylic acids is 1. The summed E-state index contributed by atoms with van der Waals surface area (Å²) in [5.41, 5.74) is 1.63. The van der Waals surface area contributed by atoms with Gasteiger partial charge in [0.15, 0.2) is 0 Å². The second-order valence-electron chi connectivity index (χ2n) is 6.10. The zero-order valence-electron chi connectivity index (χ0n) is 15.0. The lowest BCUT2D eigenvalue weighted by molar-refractivity contribution is -0.384. The van der Waals surface area contributed by atoms with Gasteiger partial charge in [0.25, 0.3) is 5.69 Å². The van der Waals surface area contributed by atoms with Gasteiger partial charge in [-0.2, -0.15) is 0 Å². The van der Waals surface area contributed by atoms with Gasteiger partial charge in [-0.3, -0.25) is 14.9 Å². The summed E-state index contributed by atoms with van der Waals surface area (Å²) < 4.78 is 6.61. The Morgan fingerprint density at radius 2 is 2.07 bits per heavy atom. The van der Waals surface area contributed by atoms with E-state index < -0.39 is 4.92 Å². The zero-order chi connectivity index (χ0) is 19.4. The Balaban J connectivity index is 1.56. The van der Waals surface area contributed by atoms with Gasteiger partial charge in [0.2, 0.25) is 5.91 Å². The number of nitrogens with zero attached hydrogens (tertiary/aromatic N) is 3. The van der Waals surface area contributed by atoms with Gasteiger partial charge in [-0.25, -0.2) is 4.98 Å². The van der Waals surface area contributed by atoms with Crippen LogP contribution in [-0.2, 0) is 16.1 Å². The summed E-state index contributed by atoms with van der Waals surface area (Å²) in [5, 5.41) is 11.7. The van der Waals surface area contributed by atoms with Gasteiger partial charge in [0.05, 0.1) is 27.8 Å². The van der Waals surface area contributed by atoms with Crippen LogP contribution in [0.3, 0.4) is 0 Å². The summed E-state index contributed by atoms with van der Waals surface area (Å²) in [7, 11) is 1.66. The van der Waals surface area contributed by atoms with Gasteiger partial charge in [-0.1, -0.05) is 24.3 Å². The fourth-order valence-corrected chi connectivity index (χ4v) is 3.55. The maximum absolute atomic E-state index is 12.4. The minimum absolute atomic E-state index is 0.00675. The molecular weight excluding hydrogens is 366 g/mol. The van der Waals surface area contributed by atoms with Crippen molar-refractivity contribution in [1.29, 1.82) is 0 Å². The van der Waals surface area contributed by atoms with Crippen molar-refractivity contribution in [3.63, 3.8) is 0 Å². The first kappa shape index (κ1) is 18.9. The molecule has 27 heavy (non-hydrogen) atoms. The lowest BCUT2D eigenvalue weighted by Gasteiger charge is -2.25. The molecule has 0 aliphatic heterocycles. The number of benzene rings is 2. The second kappa shape index (κ2) is 8.24. The molecule has 1 aromatic heterocycles. The van der Waals surface area contributed by atoms with Crippen LogP contribution in [0.1, 0.15) is 23.5 Å². The van der Waals surface area contributed by atoms with Crippen molar-refractivity contribution in [2.45, 2.75) is 19.6 Å². The Kier molecular flexibility index (Phi) is 5.78. The Hall–Kier alpha value is -2.84. The highest BCUT2D eigenvalue weighted by Crippen LogP contribution is 2.24. The fourth-order valence-electron chi connectivity index (χ4n) is 2.65. The molecule has 0 aliphatic rings. The molecule has 0 N–H and O–H groups in total. The number of hydrogen-bond donors (Lipinski definition) is 0. The van der Waals surface area contributed by atoms with Gasteiger partial charge in [-0.05, 0) is 24.6 Å². The zero-order valence-corrected chi connectivity index (χ0v) is 15.8. The molecule has 0 fully saturated rings. The monoisotopic (exact) mass is 385 g/mol. The predicted octanol–water partition coefficient (Wildman–Crippen LogP) is 3.94. The van der Waals surface area contributed by atoms with Gasteiger partial charge in [-0.15, -0.1) is 11.3 Å². The number of thiazole rings is 1. The van der Waals surface area contributed by atoms with Crippen LogP contribution in [0.25, 0.3) is 10.2 Å². The van der Waals surface area contributed by atoms with Crippen molar-refractivity contribution >= 4 is 33.1 Å². The summed E-state index contributed by atoms with van der Waals surface area (Å²) in [4.78, 5) is 28.9. The van der Waals surface area contributed by atoms with Crippen molar-refractivity contribution in [2.75, 3.05) is 13.7 Å². The van der Waals surface area contributed by atoms with E-state index in [1.165, 1.54) is 28.4 Å². The molecule has 3 rings (SSSR count). The lowest BCUT2D eigenvalue weighted by atomic mass is 10.1. The molecular formula is C19H19N3O4S. The number of likely N-dealkylation sites (N-methyl/N-ethyl adjacent to an activating group) is 1. The van der Waals surface area contributed by atoms with E-state index in [2.05, 4.69) is 4.98 Å². The van der Waals surface area contributed by atoms with Crippen LogP contribution in [0.2, 0.25) is 0 Å². The molecule has 8 heteroatoms. The molecule has 140 valence electrons. The van der Waals surface area contributed by atoms with Crippen LogP contribution in [0, 0.1) is 10.1 Å². The molecule has 1 atom stereocenters. The van der Waals surface area contributed by atoms with Gasteiger partial charge in [0.1, 0.15) is 11.6 Å². The largest absolute Gasteiger partial charge is 0.364 e. The highest BCUT2D eigenvalue weighted by Gasteiger charge is 2.19. The second-order valence-corrected chi connectivity index (χ2v) is 7.22. The average molecular weight is 385 g/mol. The molecule has 7 nitrogen and oxygen atoms in total. The minimum Gasteiger partial charge on any atom is -0.364 e.